The van der Waals surface area contributed by atoms with Gasteiger partial charge >= 0.3 is 0 Å². The third kappa shape index (κ3) is 2.83. The van der Waals surface area contributed by atoms with Crippen LogP contribution in [0, 0.1) is 6.92 Å². The summed E-state index contributed by atoms with van der Waals surface area (Å²) < 4.78 is 1.45. The normalized spacial score (nSPS) is 11.3. The average Bonchev–Trinajstić information content (AvgIpc) is 2.94. The molecule has 0 aliphatic carbocycles. The number of nitrogens with zero attached hydrogens (tertiary/aromatic N) is 3. The van der Waals surface area contributed by atoms with Crippen LogP contribution in [-0.4, -0.2) is 25.1 Å². The number of aryl methyl sites for hydroxylation is 1. The number of aromatic amines is 1. The van der Waals surface area contributed by atoms with E-state index >= 15 is 0 Å². The zero-order valence-corrected chi connectivity index (χ0v) is 13.3. The average molecular weight is 313 g/mol. The number of rotatable bonds is 4. The molecule has 0 aliphatic heterocycles. The van der Waals surface area contributed by atoms with Crippen molar-refractivity contribution in [2.24, 2.45) is 0 Å². The van der Waals surface area contributed by atoms with E-state index in [9.17, 15) is 9.90 Å². The third-order valence-electron chi connectivity index (χ3n) is 3.61. The molecule has 0 spiro atoms. The molecular weight excluding hydrogens is 294 g/mol. The zero-order valence-electron chi connectivity index (χ0n) is 13.3. The minimum absolute atomic E-state index is 0.0640. The fourth-order valence-electron chi connectivity index (χ4n) is 2.45. The van der Waals surface area contributed by atoms with Crippen LogP contribution >= 0.6 is 0 Å². The number of aliphatic hydroxyl groups is 1. The summed E-state index contributed by atoms with van der Waals surface area (Å²) in [7, 11) is 0. The maximum atomic E-state index is 12.6. The smallest absolute Gasteiger partial charge is 0.275 e. The van der Waals surface area contributed by atoms with E-state index in [1.807, 2.05) is 26.8 Å². The van der Waals surface area contributed by atoms with Crippen LogP contribution in [0.1, 0.15) is 31.1 Å². The molecule has 120 valence electrons. The molecular formula is C16H19N5O2. The van der Waals surface area contributed by atoms with Gasteiger partial charge in [0.1, 0.15) is 0 Å². The van der Waals surface area contributed by atoms with Gasteiger partial charge in [0.2, 0.25) is 0 Å². The van der Waals surface area contributed by atoms with Gasteiger partial charge in [0, 0.05) is 17.1 Å². The lowest BCUT2D eigenvalue weighted by atomic mass is 10.1. The lowest BCUT2D eigenvalue weighted by molar-refractivity contribution is 0.282. The van der Waals surface area contributed by atoms with Gasteiger partial charge in [0.05, 0.1) is 18.0 Å². The molecule has 3 aromatic rings. The van der Waals surface area contributed by atoms with Crippen LogP contribution in [0.25, 0.3) is 10.8 Å². The molecule has 2 aromatic heterocycles. The number of fused-ring (bicyclic) bond motifs is 1. The standard InChI is InChI=1S/C16H19N5O2/c1-9(2)21-16(23)12-5-4-11(8-22)7-13(12)15(20-21)17-14-6-10(3)18-19-14/h4-7,9,22H,8H2,1-3H3,(H2,17,18,19,20). The van der Waals surface area contributed by atoms with E-state index < -0.39 is 0 Å². The van der Waals surface area contributed by atoms with Gasteiger partial charge in [0.15, 0.2) is 11.6 Å². The van der Waals surface area contributed by atoms with Gasteiger partial charge in [-0.05, 0) is 38.5 Å². The van der Waals surface area contributed by atoms with Crippen LogP contribution in [0.15, 0.2) is 29.1 Å². The Balaban J connectivity index is 2.24. The summed E-state index contributed by atoms with van der Waals surface area (Å²) in [5.74, 6) is 1.16. The first kappa shape index (κ1) is 15.2. The van der Waals surface area contributed by atoms with E-state index in [-0.39, 0.29) is 18.2 Å². The van der Waals surface area contributed by atoms with Crippen molar-refractivity contribution in [3.8, 4) is 0 Å². The van der Waals surface area contributed by atoms with Gasteiger partial charge in [-0.25, -0.2) is 4.68 Å². The first-order valence-corrected chi connectivity index (χ1v) is 7.45. The molecule has 0 saturated carbocycles. The zero-order chi connectivity index (χ0) is 16.6. The summed E-state index contributed by atoms with van der Waals surface area (Å²) in [6.45, 7) is 5.63. The van der Waals surface area contributed by atoms with Crippen molar-refractivity contribution in [3.05, 3.63) is 45.9 Å². The van der Waals surface area contributed by atoms with Gasteiger partial charge in [-0.15, -0.1) is 0 Å². The van der Waals surface area contributed by atoms with Crippen LogP contribution in [0.5, 0.6) is 0 Å². The van der Waals surface area contributed by atoms with Gasteiger partial charge in [-0.1, -0.05) is 6.07 Å². The highest BCUT2D eigenvalue weighted by molar-refractivity contribution is 5.92. The summed E-state index contributed by atoms with van der Waals surface area (Å²) in [6.07, 6.45) is 0. The topological polar surface area (TPSA) is 95.8 Å². The molecule has 0 atom stereocenters. The number of hydrogen-bond donors (Lipinski definition) is 3. The van der Waals surface area contributed by atoms with Crippen molar-refractivity contribution in [2.75, 3.05) is 5.32 Å². The van der Waals surface area contributed by atoms with Gasteiger partial charge in [-0.3, -0.25) is 9.89 Å². The Morgan fingerprint density at radius 1 is 1.30 bits per heavy atom. The predicted octanol–water partition coefficient (Wildman–Crippen LogP) is 2.24. The van der Waals surface area contributed by atoms with E-state index in [4.69, 9.17) is 0 Å². The van der Waals surface area contributed by atoms with Crippen LogP contribution < -0.4 is 10.9 Å². The first-order valence-electron chi connectivity index (χ1n) is 7.45. The van der Waals surface area contributed by atoms with E-state index in [1.165, 1.54) is 4.68 Å². The molecule has 3 N–H and O–H groups in total. The van der Waals surface area contributed by atoms with Gasteiger partial charge in [-0.2, -0.15) is 10.2 Å². The summed E-state index contributed by atoms with van der Waals surface area (Å²) in [4.78, 5) is 12.6. The first-order chi connectivity index (χ1) is 11.0. The molecule has 7 heteroatoms. The maximum absolute atomic E-state index is 12.6. The molecule has 3 rings (SSSR count). The van der Waals surface area contributed by atoms with Crippen molar-refractivity contribution < 1.29 is 5.11 Å². The highest BCUT2D eigenvalue weighted by atomic mass is 16.3. The minimum atomic E-state index is -0.150. The van der Waals surface area contributed by atoms with Crippen LogP contribution in [-0.2, 0) is 6.61 Å². The third-order valence-corrected chi connectivity index (χ3v) is 3.61. The second kappa shape index (κ2) is 5.85. The molecule has 2 heterocycles. The number of hydrogen-bond acceptors (Lipinski definition) is 5. The van der Waals surface area contributed by atoms with Crippen LogP contribution in [0.2, 0.25) is 0 Å². The van der Waals surface area contributed by atoms with Crippen LogP contribution in [0.3, 0.4) is 0 Å². The number of benzene rings is 1. The van der Waals surface area contributed by atoms with Crippen molar-refractivity contribution in [2.45, 2.75) is 33.4 Å². The molecule has 0 aliphatic rings. The Morgan fingerprint density at radius 3 is 2.70 bits per heavy atom. The molecule has 0 fully saturated rings. The Bertz CT molecular complexity index is 910. The molecule has 1 aromatic carbocycles. The molecule has 23 heavy (non-hydrogen) atoms. The highest BCUT2D eigenvalue weighted by Crippen LogP contribution is 2.23. The second-order valence-corrected chi connectivity index (χ2v) is 5.79. The highest BCUT2D eigenvalue weighted by Gasteiger charge is 2.14. The number of nitrogens with one attached hydrogen (secondary N) is 2. The van der Waals surface area contributed by atoms with Crippen molar-refractivity contribution in [1.29, 1.82) is 0 Å². The number of aromatic nitrogens is 4. The lowest BCUT2D eigenvalue weighted by Gasteiger charge is -2.14. The summed E-state index contributed by atoms with van der Waals surface area (Å²) in [6, 6.07) is 7.04. The van der Waals surface area contributed by atoms with Crippen molar-refractivity contribution in [3.63, 3.8) is 0 Å². The van der Waals surface area contributed by atoms with E-state index in [0.717, 1.165) is 11.3 Å². The summed E-state index contributed by atoms with van der Waals surface area (Å²) in [5, 5.41) is 25.2. The summed E-state index contributed by atoms with van der Waals surface area (Å²) in [5.41, 5.74) is 1.50. The minimum Gasteiger partial charge on any atom is -0.392 e. The van der Waals surface area contributed by atoms with Crippen LogP contribution in [0.4, 0.5) is 11.6 Å². The quantitative estimate of drug-likeness (QED) is 0.686. The van der Waals surface area contributed by atoms with E-state index in [0.29, 0.717) is 22.4 Å². The maximum Gasteiger partial charge on any atom is 0.275 e. The van der Waals surface area contributed by atoms with E-state index in [1.54, 1.807) is 18.2 Å². The molecule has 0 bridgehead atoms. The molecule has 0 unspecified atom stereocenters. The van der Waals surface area contributed by atoms with E-state index in [2.05, 4.69) is 20.6 Å². The van der Waals surface area contributed by atoms with Gasteiger partial charge < -0.3 is 10.4 Å². The SMILES string of the molecule is Cc1cc(Nc2nn(C(C)C)c(=O)c3ccc(CO)cc23)n[nH]1. The monoisotopic (exact) mass is 313 g/mol. The Kier molecular flexibility index (Phi) is 3.87. The van der Waals surface area contributed by atoms with Gasteiger partial charge in [0.25, 0.3) is 5.56 Å². The Hall–Kier alpha value is -2.67. The summed E-state index contributed by atoms with van der Waals surface area (Å²) >= 11 is 0. The number of H-pyrrole nitrogens is 1. The Morgan fingerprint density at radius 2 is 2.09 bits per heavy atom. The molecule has 7 nitrogen and oxygen atoms in total. The largest absolute Gasteiger partial charge is 0.392 e. The fraction of sp³-hybridized carbons (Fsp3) is 0.312. The molecule has 0 radical (unpaired) electrons. The fourth-order valence-corrected chi connectivity index (χ4v) is 2.45. The number of anilines is 2. The Labute approximate surface area is 133 Å². The number of aliphatic hydroxyl groups excluding tert-OH is 1. The predicted molar refractivity (Wildman–Crippen MR) is 88.9 cm³/mol. The van der Waals surface area contributed by atoms with Crippen molar-refractivity contribution in [1.82, 2.24) is 20.0 Å². The molecule has 0 amide bonds. The second-order valence-electron chi connectivity index (χ2n) is 5.79. The van der Waals surface area contributed by atoms with Crippen molar-refractivity contribution >= 4 is 22.4 Å². The lowest BCUT2D eigenvalue weighted by Crippen LogP contribution is -2.25. The molecule has 0 saturated heterocycles.